The second-order valence-electron chi connectivity index (χ2n) is 6.54. The van der Waals surface area contributed by atoms with E-state index in [-0.39, 0.29) is 24.8 Å². The Bertz CT molecular complexity index is 1030. The van der Waals surface area contributed by atoms with E-state index in [1.807, 2.05) is 13.8 Å². The number of nitrogens with one attached hydrogen (secondary N) is 1. The van der Waals surface area contributed by atoms with Gasteiger partial charge in [-0.15, -0.1) is 0 Å². The highest BCUT2D eigenvalue weighted by atomic mass is 19.1. The van der Waals surface area contributed by atoms with Crippen molar-refractivity contribution in [2.45, 2.75) is 26.7 Å². The van der Waals surface area contributed by atoms with Gasteiger partial charge in [0.1, 0.15) is 12.1 Å². The number of halogens is 1. The number of rotatable bonds is 6. The Kier molecular flexibility index (Phi) is 5.62. The van der Waals surface area contributed by atoms with Gasteiger partial charge in [0.25, 0.3) is 5.78 Å². The molecule has 0 atom stereocenters. The van der Waals surface area contributed by atoms with E-state index in [9.17, 15) is 14.0 Å². The van der Waals surface area contributed by atoms with Gasteiger partial charge in [-0.2, -0.15) is 10.1 Å². The highest BCUT2D eigenvalue weighted by molar-refractivity contribution is 5.94. The number of hydrogen-bond acceptors (Lipinski definition) is 5. The summed E-state index contributed by atoms with van der Waals surface area (Å²) in [4.78, 5) is 34.3. The summed E-state index contributed by atoms with van der Waals surface area (Å²) in [5.74, 6) is -0.478. The van der Waals surface area contributed by atoms with E-state index >= 15 is 0 Å². The predicted molar refractivity (Wildman–Crippen MR) is 101 cm³/mol. The van der Waals surface area contributed by atoms with Gasteiger partial charge in [0.15, 0.2) is 0 Å². The highest BCUT2D eigenvalue weighted by Gasteiger charge is 2.16. The molecule has 1 aromatic carbocycles. The molecule has 1 N–H and O–H groups in total. The van der Waals surface area contributed by atoms with Crippen LogP contribution >= 0.6 is 0 Å². The van der Waals surface area contributed by atoms with Crippen molar-refractivity contribution < 1.29 is 14.0 Å². The minimum Gasteiger partial charge on any atom is -0.336 e. The molecule has 0 aliphatic carbocycles. The molecule has 28 heavy (non-hydrogen) atoms. The monoisotopic (exact) mass is 384 g/mol. The number of benzene rings is 1. The largest absolute Gasteiger partial charge is 0.336 e. The molecule has 9 heteroatoms. The van der Waals surface area contributed by atoms with E-state index in [1.54, 1.807) is 17.6 Å². The number of carbonyl (C=O) groups is 2. The van der Waals surface area contributed by atoms with Gasteiger partial charge >= 0.3 is 0 Å². The first-order chi connectivity index (χ1) is 13.3. The van der Waals surface area contributed by atoms with Gasteiger partial charge < -0.3 is 10.2 Å². The first kappa shape index (κ1) is 19.4. The molecule has 0 spiro atoms. The molecule has 2 amide bonds. The minimum atomic E-state index is -0.439. The van der Waals surface area contributed by atoms with Crippen LogP contribution in [0.4, 0.5) is 10.1 Å². The average Bonchev–Trinajstić information content (AvgIpc) is 3.09. The van der Waals surface area contributed by atoms with Gasteiger partial charge in [0.05, 0.1) is 6.54 Å². The maximum absolute atomic E-state index is 13.2. The minimum absolute atomic E-state index is 0.117. The average molecular weight is 384 g/mol. The molecular formula is C19H21FN6O2. The fraction of sp³-hybridized carbons (Fsp3) is 0.316. The Balaban J connectivity index is 1.58. The van der Waals surface area contributed by atoms with Crippen LogP contribution in [-0.4, -0.2) is 49.9 Å². The summed E-state index contributed by atoms with van der Waals surface area (Å²) in [6.07, 6.45) is 2.15. The van der Waals surface area contributed by atoms with Crippen molar-refractivity contribution in [3.05, 3.63) is 53.4 Å². The van der Waals surface area contributed by atoms with E-state index < -0.39 is 5.82 Å². The molecule has 3 rings (SSSR count). The number of hydrogen-bond donors (Lipinski definition) is 1. The fourth-order valence-electron chi connectivity index (χ4n) is 3.01. The van der Waals surface area contributed by atoms with E-state index in [2.05, 4.69) is 20.4 Å². The van der Waals surface area contributed by atoms with E-state index in [0.717, 1.165) is 17.0 Å². The highest BCUT2D eigenvalue weighted by Crippen LogP contribution is 2.15. The Morgan fingerprint density at radius 3 is 2.82 bits per heavy atom. The molecule has 0 radical (unpaired) electrons. The number of fused-ring (bicyclic) bond motifs is 1. The van der Waals surface area contributed by atoms with E-state index in [0.29, 0.717) is 17.9 Å². The third-order valence-corrected chi connectivity index (χ3v) is 4.49. The Hall–Kier alpha value is -3.36. The topological polar surface area (TPSA) is 92.5 Å². The summed E-state index contributed by atoms with van der Waals surface area (Å²) in [5.41, 5.74) is 2.98. The van der Waals surface area contributed by atoms with Crippen LogP contribution < -0.4 is 5.32 Å². The van der Waals surface area contributed by atoms with E-state index in [1.165, 1.54) is 29.4 Å². The zero-order valence-corrected chi connectivity index (χ0v) is 15.9. The molecule has 0 bridgehead atoms. The Morgan fingerprint density at radius 2 is 2.07 bits per heavy atom. The maximum atomic E-state index is 13.2. The van der Waals surface area contributed by atoms with Crippen molar-refractivity contribution in [3.63, 3.8) is 0 Å². The summed E-state index contributed by atoms with van der Waals surface area (Å²) < 4.78 is 14.8. The fourth-order valence-corrected chi connectivity index (χ4v) is 3.01. The van der Waals surface area contributed by atoms with Gasteiger partial charge in [0, 0.05) is 30.5 Å². The SMILES string of the molecule is Cc1nc2ncnn2c(C)c1CCC(=O)N(C)CC(=O)Nc1cccc(F)c1. The lowest BCUT2D eigenvalue weighted by Crippen LogP contribution is -2.35. The lowest BCUT2D eigenvalue weighted by atomic mass is 10.1. The van der Waals surface area contributed by atoms with Gasteiger partial charge in [-0.05, 0) is 44.0 Å². The van der Waals surface area contributed by atoms with Crippen LogP contribution in [0.2, 0.25) is 0 Å². The van der Waals surface area contributed by atoms with Crippen LogP contribution in [0.5, 0.6) is 0 Å². The van der Waals surface area contributed by atoms with Gasteiger partial charge in [-0.25, -0.2) is 13.9 Å². The molecule has 146 valence electrons. The summed E-state index contributed by atoms with van der Waals surface area (Å²) in [6.45, 7) is 3.66. The molecule has 0 saturated carbocycles. The zero-order valence-electron chi connectivity index (χ0n) is 15.9. The van der Waals surface area contributed by atoms with Crippen molar-refractivity contribution in [3.8, 4) is 0 Å². The smallest absolute Gasteiger partial charge is 0.252 e. The lowest BCUT2D eigenvalue weighted by molar-refractivity contribution is -0.133. The molecule has 8 nitrogen and oxygen atoms in total. The molecule has 0 fully saturated rings. The van der Waals surface area contributed by atoms with Crippen LogP contribution in [-0.2, 0) is 16.0 Å². The number of aromatic nitrogens is 4. The summed E-state index contributed by atoms with van der Waals surface area (Å²) in [6, 6.07) is 5.60. The predicted octanol–water partition coefficient (Wildman–Crippen LogP) is 1.91. The van der Waals surface area contributed by atoms with E-state index in [4.69, 9.17) is 0 Å². The van der Waals surface area contributed by atoms with Crippen LogP contribution in [0.15, 0.2) is 30.6 Å². The quantitative estimate of drug-likeness (QED) is 0.701. The number of nitrogens with zero attached hydrogens (tertiary/aromatic N) is 5. The first-order valence-corrected chi connectivity index (χ1v) is 8.80. The number of aryl methyl sites for hydroxylation is 2. The van der Waals surface area contributed by atoms with Crippen LogP contribution in [0.25, 0.3) is 5.78 Å². The Morgan fingerprint density at radius 1 is 1.29 bits per heavy atom. The third-order valence-electron chi connectivity index (χ3n) is 4.49. The number of carbonyl (C=O) groups excluding carboxylic acids is 2. The van der Waals surface area contributed by atoms with Crippen LogP contribution in [0.3, 0.4) is 0 Å². The molecule has 3 aromatic rings. The first-order valence-electron chi connectivity index (χ1n) is 8.80. The second-order valence-corrected chi connectivity index (χ2v) is 6.54. The number of likely N-dealkylation sites (N-methyl/N-ethyl adjacent to an activating group) is 1. The molecule has 0 saturated heterocycles. The summed E-state index contributed by atoms with van der Waals surface area (Å²) in [7, 11) is 1.56. The summed E-state index contributed by atoms with van der Waals surface area (Å²) >= 11 is 0. The molecule has 0 aliphatic rings. The number of anilines is 1. The van der Waals surface area contributed by atoms with Crippen molar-refractivity contribution >= 4 is 23.3 Å². The maximum Gasteiger partial charge on any atom is 0.252 e. The van der Waals surface area contributed by atoms with Crippen molar-refractivity contribution in [2.75, 3.05) is 18.9 Å². The van der Waals surface area contributed by atoms with Crippen molar-refractivity contribution in [1.82, 2.24) is 24.5 Å². The van der Waals surface area contributed by atoms with Gasteiger partial charge in [-0.3, -0.25) is 9.59 Å². The standard InChI is InChI=1S/C19H21FN6O2/c1-12-16(13(2)26-19(23-12)21-11-22-26)7-8-18(28)25(3)10-17(27)24-15-6-4-5-14(20)9-15/h4-6,9,11H,7-8,10H2,1-3H3,(H,24,27). The zero-order chi connectivity index (χ0) is 20.3. The lowest BCUT2D eigenvalue weighted by Gasteiger charge is -2.17. The molecule has 0 aliphatic heterocycles. The van der Waals surface area contributed by atoms with Crippen LogP contribution in [0.1, 0.15) is 23.4 Å². The molecule has 2 aromatic heterocycles. The van der Waals surface area contributed by atoms with Crippen molar-refractivity contribution in [2.24, 2.45) is 0 Å². The van der Waals surface area contributed by atoms with Crippen molar-refractivity contribution in [1.29, 1.82) is 0 Å². The third kappa shape index (κ3) is 4.30. The van der Waals surface area contributed by atoms with Gasteiger partial charge in [0.2, 0.25) is 11.8 Å². The van der Waals surface area contributed by atoms with Crippen LogP contribution in [0, 0.1) is 19.7 Å². The Labute approximate surface area is 161 Å². The summed E-state index contributed by atoms with van der Waals surface area (Å²) in [5, 5.41) is 6.71. The van der Waals surface area contributed by atoms with Gasteiger partial charge in [-0.1, -0.05) is 6.07 Å². The second kappa shape index (κ2) is 8.12. The number of amides is 2. The molecule has 2 heterocycles. The molecule has 0 unspecified atom stereocenters. The molecular weight excluding hydrogens is 363 g/mol. The normalized spacial score (nSPS) is 10.9.